The molecule has 1 heterocycles. The summed E-state index contributed by atoms with van der Waals surface area (Å²) in [5.74, 6) is 0.519. The van der Waals surface area contributed by atoms with Crippen LogP contribution in [0.2, 0.25) is 0 Å². The van der Waals surface area contributed by atoms with Gasteiger partial charge in [-0.2, -0.15) is 0 Å². The van der Waals surface area contributed by atoms with Crippen LogP contribution >= 0.6 is 11.6 Å². The molecule has 0 fully saturated rings. The minimum atomic E-state index is -0.0259. The highest BCUT2D eigenvalue weighted by molar-refractivity contribution is 6.18. The van der Waals surface area contributed by atoms with E-state index in [0.29, 0.717) is 25.3 Å². The van der Waals surface area contributed by atoms with Crippen LogP contribution in [0.5, 0.6) is 0 Å². The predicted octanol–water partition coefficient (Wildman–Crippen LogP) is 2.55. The van der Waals surface area contributed by atoms with E-state index in [2.05, 4.69) is 5.32 Å². The first-order valence-corrected chi connectivity index (χ1v) is 6.92. The summed E-state index contributed by atoms with van der Waals surface area (Å²) < 4.78 is 0. The third-order valence-electron chi connectivity index (χ3n) is 3.18. The number of amides is 2. The van der Waals surface area contributed by atoms with Gasteiger partial charge in [-0.3, -0.25) is 9.59 Å². The van der Waals surface area contributed by atoms with Gasteiger partial charge < -0.3 is 10.2 Å². The maximum Gasteiger partial charge on any atom is 0.224 e. The van der Waals surface area contributed by atoms with Crippen LogP contribution in [-0.2, 0) is 16.0 Å². The first-order chi connectivity index (χ1) is 9.11. The molecule has 0 unspecified atom stereocenters. The lowest BCUT2D eigenvalue weighted by atomic mass is 10.1. The quantitative estimate of drug-likeness (QED) is 0.862. The average molecular weight is 281 g/mol. The molecule has 1 N–H and O–H groups in total. The molecule has 0 spiro atoms. The summed E-state index contributed by atoms with van der Waals surface area (Å²) in [5.41, 5.74) is 2.83. The predicted molar refractivity (Wildman–Crippen MR) is 76.8 cm³/mol. The number of halogens is 1. The molecule has 1 aliphatic rings. The number of fused-ring (bicyclic) bond motifs is 1. The number of hydrogen-bond donors (Lipinski definition) is 1. The highest BCUT2D eigenvalue weighted by Gasteiger charge is 2.22. The maximum absolute atomic E-state index is 11.6. The van der Waals surface area contributed by atoms with Gasteiger partial charge in [0.05, 0.1) is 0 Å². The van der Waals surface area contributed by atoms with Crippen LogP contribution in [0.4, 0.5) is 11.4 Å². The Labute approximate surface area is 117 Å². The Morgan fingerprint density at radius 1 is 1.42 bits per heavy atom. The zero-order valence-corrected chi connectivity index (χ0v) is 11.7. The zero-order valence-electron chi connectivity index (χ0n) is 10.9. The molecule has 0 saturated heterocycles. The molecule has 0 radical (unpaired) electrons. The average Bonchev–Trinajstić information content (AvgIpc) is 2.79. The van der Waals surface area contributed by atoms with E-state index in [9.17, 15) is 9.59 Å². The number of anilines is 2. The lowest BCUT2D eigenvalue weighted by Gasteiger charge is -2.15. The number of carbonyl (C=O) groups excluding carboxylic acids is 2. The smallest absolute Gasteiger partial charge is 0.224 e. The van der Waals surface area contributed by atoms with Crippen molar-refractivity contribution in [2.24, 2.45) is 0 Å². The third kappa shape index (κ3) is 3.26. The Bertz CT molecular complexity index is 502. The van der Waals surface area contributed by atoms with Gasteiger partial charge in [0.25, 0.3) is 0 Å². The second-order valence-electron chi connectivity index (χ2n) is 4.60. The summed E-state index contributed by atoms with van der Waals surface area (Å²) >= 11 is 5.55. The van der Waals surface area contributed by atoms with Crippen molar-refractivity contribution in [3.05, 3.63) is 23.8 Å². The van der Waals surface area contributed by atoms with Crippen molar-refractivity contribution in [3.63, 3.8) is 0 Å². The molecule has 0 aliphatic carbocycles. The van der Waals surface area contributed by atoms with Crippen LogP contribution in [0.15, 0.2) is 18.2 Å². The van der Waals surface area contributed by atoms with Gasteiger partial charge in [-0.1, -0.05) is 0 Å². The van der Waals surface area contributed by atoms with Crippen LogP contribution in [0.25, 0.3) is 0 Å². The molecule has 0 bridgehead atoms. The summed E-state index contributed by atoms with van der Waals surface area (Å²) in [6.07, 6.45) is 1.94. The number of nitrogens with one attached hydrogen (secondary N) is 1. The molecule has 1 aliphatic heterocycles. The molecule has 0 atom stereocenters. The highest BCUT2D eigenvalue weighted by atomic mass is 35.5. The minimum Gasteiger partial charge on any atom is -0.326 e. The Balaban J connectivity index is 2.06. The van der Waals surface area contributed by atoms with Gasteiger partial charge in [-0.15, -0.1) is 11.6 Å². The van der Waals surface area contributed by atoms with E-state index in [1.807, 2.05) is 18.2 Å². The Kier molecular flexibility index (Phi) is 4.43. The van der Waals surface area contributed by atoms with Crippen LogP contribution in [-0.4, -0.2) is 24.2 Å². The molecular weight excluding hydrogens is 264 g/mol. The van der Waals surface area contributed by atoms with E-state index in [0.717, 1.165) is 23.4 Å². The van der Waals surface area contributed by atoms with Crippen molar-refractivity contribution in [3.8, 4) is 0 Å². The molecule has 5 heteroatoms. The lowest BCUT2D eigenvalue weighted by Crippen LogP contribution is -2.25. The van der Waals surface area contributed by atoms with Gasteiger partial charge in [-0.05, 0) is 36.6 Å². The van der Waals surface area contributed by atoms with Crippen molar-refractivity contribution in [1.29, 1.82) is 0 Å². The molecule has 4 nitrogen and oxygen atoms in total. The molecule has 1 aromatic rings. The van der Waals surface area contributed by atoms with Gasteiger partial charge in [0.15, 0.2) is 0 Å². The topological polar surface area (TPSA) is 49.4 Å². The summed E-state index contributed by atoms with van der Waals surface area (Å²) in [5, 5.41) is 2.85. The summed E-state index contributed by atoms with van der Waals surface area (Å²) in [6.45, 7) is 2.28. The Hall–Kier alpha value is -1.55. The molecule has 0 aromatic heterocycles. The van der Waals surface area contributed by atoms with Gasteiger partial charge in [0.2, 0.25) is 11.8 Å². The van der Waals surface area contributed by atoms with Crippen LogP contribution < -0.4 is 10.2 Å². The fourth-order valence-corrected chi connectivity index (χ4v) is 2.39. The zero-order chi connectivity index (χ0) is 13.8. The molecule has 2 rings (SSSR count). The second-order valence-corrected chi connectivity index (χ2v) is 4.98. The van der Waals surface area contributed by atoms with E-state index in [1.165, 1.54) is 0 Å². The Morgan fingerprint density at radius 3 is 2.89 bits per heavy atom. The monoisotopic (exact) mass is 280 g/mol. The first kappa shape index (κ1) is 13.9. The van der Waals surface area contributed by atoms with Crippen LogP contribution in [0, 0.1) is 0 Å². The van der Waals surface area contributed by atoms with Crippen LogP contribution in [0.1, 0.15) is 25.3 Å². The fraction of sp³-hybridized carbons (Fsp3) is 0.429. The van der Waals surface area contributed by atoms with E-state index in [1.54, 1.807) is 11.8 Å². The maximum atomic E-state index is 11.6. The third-order valence-corrected chi connectivity index (χ3v) is 3.44. The number of benzene rings is 1. The number of carbonyl (C=O) groups is 2. The Morgan fingerprint density at radius 2 is 2.21 bits per heavy atom. The standard InChI is InChI=1S/C14H17ClN2O2/c1-10(18)17-8-6-11-9-12(4-5-13(11)17)16-14(19)3-2-7-15/h4-5,9H,2-3,6-8H2,1H3,(H,16,19). The fourth-order valence-electron chi connectivity index (χ4n) is 2.26. The van der Waals surface area contributed by atoms with Gasteiger partial charge in [0, 0.05) is 37.1 Å². The molecule has 102 valence electrons. The van der Waals surface area contributed by atoms with Crippen molar-refractivity contribution in [2.75, 3.05) is 22.6 Å². The van der Waals surface area contributed by atoms with Crippen molar-refractivity contribution < 1.29 is 9.59 Å². The largest absolute Gasteiger partial charge is 0.326 e. The molecule has 2 amide bonds. The highest BCUT2D eigenvalue weighted by Crippen LogP contribution is 2.30. The number of nitrogens with zero attached hydrogens (tertiary/aromatic N) is 1. The first-order valence-electron chi connectivity index (χ1n) is 6.38. The van der Waals surface area contributed by atoms with E-state index < -0.39 is 0 Å². The minimum absolute atomic E-state index is 0.0259. The summed E-state index contributed by atoms with van der Waals surface area (Å²) in [6, 6.07) is 5.66. The number of hydrogen-bond acceptors (Lipinski definition) is 2. The van der Waals surface area contributed by atoms with Crippen molar-refractivity contribution >= 4 is 34.8 Å². The van der Waals surface area contributed by atoms with Crippen molar-refractivity contribution in [1.82, 2.24) is 0 Å². The van der Waals surface area contributed by atoms with Gasteiger partial charge in [-0.25, -0.2) is 0 Å². The van der Waals surface area contributed by atoms with E-state index >= 15 is 0 Å². The van der Waals surface area contributed by atoms with Crippen molar-refractivity contribution in [2.45, 2.75) is 26.2 Å². The molecular formula is C14H17ClN2O2. The lowest BCUT2D eigenvalue weighted by molar-refractivity contribution is -0.117. The van der Waals surface area contributed by atoms with E-state index in [4.69, 9.17) is 11.6 Å². The van der Waals surface area contributed by atoms with E-state index in [-0.39, 0.29) is 11.8 Å². The summed E-state index contributed by atoms with van der Waals surface area (Å²) in [4.78, 5) is 24.8. The molecule has 0 saturated carbocycles. The molecule has 1 aromatic carbocycles. The van der Waals surface area contributed by atoms with Gasteiger partial charge >= 0.3 is 0 Å². The number of alkyl halides is 1. The van der Waals surface area contributed by atoms with Gasteiger partial charge in [0.1, 0.15) is 0 Å². The normalized spacial score (nSPS) is 13.3. The van der Waals surface area contributed by atoms with Crippen LogP contribution in [0.3, 0.4) is 0 Å². The number of rotatable bonds is 4. The second kappa shape index (κ2) is 6.06. The SMILES string of the molecule is CC(=O)N1CCc2cc(NC(=O)CCCCl)ccc21. The summed E-state index contributed by atoms with van der Waals surface area (Å²) in [7, 11) is 0. The molecule has 19 heavy (non-hydrogen) atoms.